The maximum atomic E-state index is 12.4. The Kier molecular flexibility index (Phi) is 6.63. The number of methoxy groups -OCH3 is 1. The SMILES string of the molecule is COc1ccccc1N1CCC(CNC(=O)NCc2c(C)nn(-c3ccccc3)c2C)C1. The highest BCUT2D eigenvalue weighted by molar-refractivity contribution is 5.74. The Morgan fingerprint density at radius 2 is 1.84 bits per heavy atom. The number of amides is 2. The third-order valence-corrected chi connectivity index (χ3v) is 6.13. The summed E-state index contributed by atoms with van der Waals surface area (Å²) < 4.78 is 7.41. The van der Waals surface area contributed by atoms with Crippen LogP contribution in [0.4, 0.5) is 10.5 Å². The van der Waals surface area contributed by atoms with Crippen molar-refractivity contribution < 1.29 is 9.53 Å². The van der Waals surface area contributed by atoms with Gasteiger partial charge in [0.25, 0.3) is 0 Å². The van der Waals surface area contributed by atoms with Gasteiger partial charge in [0.15, 0.2) is 0 Å². The maximum absolute atomic E-state index is 12.4. The Bertz CT molecular complexity index is 1060. The van der Waals surface area contributed by atoms with E-state index in [1.54, 1.807) is 7.11 Å². The van der Waals surface area contributed by atoms with Gasteiger partial charge in [0, 0.05) is 37.4 Å². The molecule has 1 atom stereocenters. The lowest BCUT2D eigenvalue weighted by Gasteiger charge is -2.21. The van der Waals surface area contributed by atoms with Gasteiger partial charge < -0.3 is 20.3 Å². The molecule has 1 aliphatic rings. The summed E-state index contributed by atoms with van der Waals surface area (Å²) in [5.74, 6) is 1.30. The van der Waals surface area contributed by atoms with Crippen LogP contribution in [0.1, 0.15) is 23.4 Å². The highest BCUT2D eigenvalue weighted by atomic mass is 16.5. The molecule has 0 bridgehead atoms. The second-order valence-corrected chi connectivity index (χ2v) is 8.23. The minimum Gasteiger partial charge on any atom is -0.495 e. The van der Waals surface area contributed by atoms with Crippen molar-refractivity contribution in [1.82, 2.24) is 20.4 Å². The van der Waals surface area contributed by atoms with E-state index >= 15 is 0 Å². The molecule has 1 aliphatic heterocycles. The van der Waals surface area contributed by atoms with Crippen molar-refractivity contribution in [3.05, 3.63) is 71.5 Å². The molecule has 168 valence electrons. The van der Waals surface area contributed by atoms with Crippen molar-refractivity contribution in [1.29, 1.82) is 0 Å². The van der Waals surface area contributed by atoms with Gasteiger partial charge in [0.2, 0.25) is 0 Å². The van der Waals surface area contributed by atoms with E-state index in [1.807, 2.05) is 67.1 Å². The van der Waals surface area contributed by atoms with Gasteiger partial charge in [-0.2, -0.15) is 5.10 Å². The molecule has 7 heteroatoms. The van der Waals surface area contributed by atoms with E-state index in [-0.39, 0.29) is 6.03 Å². The number of aryl methyl sites for hydroxylation is 1. The molecule has 1 aromatic heterocycles. The largest absolute Gasteiger partial charge is 0.495 e. The fourth-order valence-electron chi connectivity index (χ4n) is 4.33. The summed E-state index contributed by atoms with van der Waals surface area (Å²) in [6, 6.07) is 18.0. The normalized spacial score (nSPS) is 15.6. The van der Waals surface area contributed by atoms with Gasteiger partial charge in [-0.15, -0.1) is 0 Å². The number of ether oxygens (including phenoxy) is 1. The lowest BCUT2D eigenvalue weighted by Crippen LogP contribution is -2.38. The van der Waals surface area contributed by atoms with Crippen molar-refractivity contribution in [3.8, 4) is 11.4 Å². The zero-order chi connectivity index (χ0) is 22.5. The molecule has 0 radical (unpaired) electrons. The highest BCUT2D eigenvalue weighted by Crippen LogP contribution is 2.31. The van der Waals surface area contributed by atoms with Crippen LogP contribution in [0.2, 0.25) is 0 Å². The van der Waals surface area contributed by atoms with Crippen LogP contribution >= 0.6 is 0 Å². The number of carbonyl (C=O) groups excluding carboxylic acids is 1. The maximum Gasteiger partial charge on any atom is 0.315 e. The van der Waals surface area contributed by atoms with E-state index in [9.17, 15) is 4.79 Å². The molecule has 2 amide bonds. The van der Waals surface area contributed by atoms with E-state index in [0.717, 1.165) is 53.6 Å². The number of urea groups is 1. The first-order chi connectivity index (χ1) is 15.6. The Morgan fingerprint density at radius 3 is 2.62 bits per heavy atom. The van der Waals surface area contributed by atoms with Crippen LogP contribution in [0.15, 0.2) is 54.6 Å². The molecule has 32 heavy (non-hydrogen) atoms. The predicted octanol–water partition coefficient (Wildman–Crippen LogP) is 3.82. The number of para-hydroxylation sites is 3. The predicted molar refractivity (Wildman–Crippen MR) is 127 cm³/mol. The quantitative estimate of drug-likeness (QED) is 0.594. The number of benzene rings is 2. The third kappa shape index (κ3) is 4.72. The van der Waals surface area contributed by atoms with Crippen LogP contribution < -0.4 is 20.3 Å². The first kappa shape index (κ1) is 21.7. The molecule has 0 aliphatic carbocycles. The minimum atomic E-state index is -0.146. The number of aromatic nitrogens is 2. The molecule has 1 unspecified atom stereocenters. The number of hydrogen-bond donors (Lipinski definition) is 2. The van der Waals surface area contributed by atoms with Gasteiger partial charge in [-0.05, 0) is 50.5 Å². The average Bonchev–Trinajstić information content (AvgIpc) is 3.41. The summed E-state index contributed by atoms with van der Waals surface area (Å²) >= 11 is 0. The lowest BCUT2D eigenvalue weighted by molar-refractivity contribution is 0.239. The van der Waals surface area contributed by atoms with Gasteiger partial charge in [-0.1, -0.05) is 30.3 Å². The monoisotopic (exact) mass is 433 g/mol. The van der Waals surface area contributed by atoms with Crippen molar-refractivity contribution in [2.75, 3.05) is 31.6 Å². The molecule has 7 nitrogen and oxygen atoms in total. The topological polar surface area (TPSA) is 71.4 Å². The summed E-state index contributed by atoms with van der Waals surface area (Å²) in [6.07, 6.45) is 1.04. The number of anilines is 1. The van der Waals surface area contributed by atoms with Crippen LogP contribution in [-0.4, -0.2) is 42.6 Å². The standard InChI is InChI=1S/C25H31N5O2/c1-18-22(19(2)30(28-18)21-9-5-4-6-10-21)16-27-25(31)26-15-20-13-14-29(17-20)23-11-7-8-12-24(23)32-3/h4-12,20H,13-17H2,1-3H3,(H2,26,27,31). The van der Waals surface area contributed by atoms with Gasteiger partial charge in [0.1, 0.15) is 5.75 Å². The summed E-state index contributed by atoms with van der Waals surface area (Å²) in [7, 11) is 1.70. The van der Waals surface area contributed by atoms with Crippen molar-refractivity contribution in [3.63, 3.8) is 0 Å². The molecule has 2 aromatic carbocycles. The van der Waals surface area contributed by atoms with Gasteiger partial charge in [-0.25, -0.2) is 9.48 Å². The number of rotatable bonds is 7. The fraction of sp³-hybridized carbons (Fsp3) is 0.360. The van der Waals surface area contributed by atoms with Gasteiger partial charge in [0.05, 0.1) is 24.2 Å². The minimum absolute atomic E-state index is 0.146. The van der Waals surface area contributed by atoms with Crippen molar-refractivity contribution in [2.24, 2.45) is 5.92 Å². The van der Waals surface area contributed by atoms with Crippen LogP contribution in [-0.2, 0) is 6.54 Å². The molecular formula is C25H31N5O2. The lowest BCUT2D eigenvalue weighted by atomic mass is 10.1. The van der Waals surface area contributed by atoms with Crippen molar-refractivity contribution >= 4 is 11.7 Å². The summed E-state index contributed by atoms with van der Waals surface area (Å²) in [5.41, 5.74) is 5.15. The van der Waals surface area contributed by atoms with E-state index in [2.05, 4.69) is 26.7 Å². The van der Waals surface area contributed by atoms with Crippen LogP contribution in [0.5, 0.6) is 5.75 Å². The number of hydrogen-bond acceptors (Lipinski definition) is 4. The number of carbonyl (C=O) groups is 1. The second-order valence-electron chi connectivity index (χ2n) is 8.23. The Hall–Kier alpha value is -3.48. The molecule has 2 N–H and O–H groups in total. The molecular weight excluding hydrogens is 402 g/mol. The number of nitrogens with one attached hydrogen (secondary N) is 2. The van der Waals surface area contributed by atoms with Crippen LogP contribution in [0, 0.1) is 19.8 Å². The Morgan fingerprint density at radius 1 is 1.09 bits per heavy atom. The highest BCUT2D eigenvalue weighted by Gasteiger charge is 2.25. The molecule has 1 fully saturated rings. The number of nitrogens with zero attached hydrogens (tertiary/aromatic N) is 3. The first-order valence-electron chi connectivity index (χ1n) is 11.1. The molecule has 4 rings (SSSR count). The molecule has 0 saturated carbocycles. The molecule has 2 heterocycles. The summed E-state index contributed by atoms with van der Waals surface area (Å²) in [4.78, 5) is 14.8. The first-order valence-corrected chi connectivity index (χ1v) is 11.1. The third-order valence-electron chi connectivity index (χ3n) is 6.13. The zero-order valence-corrected chi connectivity index (χ0v) is 19.0. The van der Waals surface area contributed by atoms with E-state index in [4.69, 9.17) is 4.74 Å². The molecule has 1 saturated heterocycles. The Labute approximate surface area is 189 Å². The summed E-state index contributed by atoms with van der Waals surface area (Å²) in [6.45, 7) is 6.99. The van der Waals surface area contributed by atoms with Gasteiger partial charge in [-0.3, -0.25) is 0 Å². The van der Waals surface area contributed by atoms with Crippen LogP contribution in [0.3, 0.4) is 0 Å². The average molecular weight is 434 g/mol. The smallest absolute Gasteiger partial charge is 0.315 e. The van der Waals surface area contributed by atoms with Gasteiger partial charge >= 0.3 is 6.03 Å². The summed E-state index contributed by atoms with van der Waals surface area (Å²) in [5, 5.41) is 10.7. The van der Waals surface area contributed by atoms with Crippen LogP contribution in [0.25, 0.3) is 5.69 Å². The zero-order valence-electron chi connectivity index (χ0n) is 19.0. The van der Waals surface area contributed by atoms with Crippen molar-refractivity contribution in [2.45, 2.75) is 26.8 Å². The molecule has 0 spiro atoms. The Balaban J connectivity index is 1.28. The molecule has 3 aromatic rings. The van der Waals surface area contributed by atoms with E-state index in [1.165, 1.54) is 0 Å². The fourth-order valence-corrected chi connectivity index (χ4v) is 4.33. The van der Waals surface area contributed by atoms with E-state index in [0.29, 0.717) is 19.0 Å². The second kappa shape index (κ2) is 9.77. The van der Waals surface area contributed by atoms with E-state index < -0.39 is 0 Å².